The van der Waals surface area contributed by atoms with E-state index in [1.807, 2.05) is 20.8 Å². The number of aromatic nitrogens is 1. The van der Waals surface area contributed by atoms with Crippen molar-refractivity contribution in [3.63, 3.8) is 0 Å². The number of hydrogen-bond acceptors (Lipinski definition) is 3. The highest BCUT2D eigenvalue weighted by Crippen LogP contribution is 2.14. The maximum atomic E-state index is 13.0. The molecule has 0 aliphatic rings. The monoisotopic (exact) mass is 239 g/mol. The normalized spacial score (nSPS) is 10.6. The van der Waals surface area contributed by atoms with Crippen LogP contribution in [-0.4, -0.2) is 28.9 Å². The smallest absolute Gasteiger partial charge is 0.257 e. The van der Waals surface area contributed by atoms with Gasteiger partial charge in [-0.25, -0.2) is 9.37 Å². The molecule has 0 spiro atoms. The number of amides is 1. The molecule has 0 bridgehead atoms. The summed E-state index contributed by atoms with van der Waals surface area (Å²) in [6.07, 6.45) is 1.00. The topological polar surface area (TPSA) is 59.2 Å². The maximum absolute atomic E-state index is 13.0. The van der Waals surface area contributed by atoms with E-state index in [0.717, 1.165) is 12.3 Å². The second-order valence-electron chi connectivity index (χ2n) is 4.32. The van der Waals surface area contributed by atoms with Crippen molar-refractivity contribution in [2.45, 2.75) is 20.8 Å². The number of nitrogens with two attached hydrogens (primary N) is 1. The number of carbonyl (C=O) groups is 1. The van der Waals surface area contributed by atoms with Crippen LogP contribution in [0.15, 0.2) is 12.3 Å². The van der Waals surface area contributed by atoms with E-state index in [1.165, 1.54) is 0 Å². The lowest BCUT2D eigenvalue weighted by Gasteiger charge is -2.23. The summed E-state index contributed by atoms with van der Waals surface area (Å²) in [5.74, 6) is -0.408. The lowest BCUT2D eigenvalue weighted by atomic mass is 10.1. The fraction of sp³-hybridized carbons (Fsp3) is 0.500. The van der Waals surface area contributed by atoms with Crippen molar-refractivity contribution in [1.29, 1.82) is 0 Å². The predicted molar refractivity (Wildman–Crippen MR) is 65.0 cm³/mol. The summed E-state index contributed by atoms with van der Waals surface area (Å²) in [5, 5.41) is 0. The van der Waals surface area contributed by atoms with Crippen LogP contribution < -0.4 is 5.73 Å². The molecule has 0 aliphatic heterocycles. The first kappa shape index (κ1) is 13.4. The zero-order valence-electron chi connectivity index (χ0n) is 10.4. The molecule has 1 rings (SSSR count). The predicted octanol–water partition coefficient (Wildman–Crippen LogP) is 1.92. The molecule has 0 radical (unpaired) electrons. The van der Waals surface area contributed by atoms with E-state index < -0.39 is 5.82 Å². The number of hydrogen-bond donors (Lipinski definition) is 1. The maximum Gasteiger partial charge on any atom is 0.257 e. The van der Waals surface area contributed by atoms with Gasteiger partial charge in [0.15, 0.2) is 0 Å². The highest BCUT2D eigenvalue weighted by Gasteiger charge is 2.18. The molecule has 4 nitrogen and oxygen atoms in total. The Kier molecular flexibility index (Phi) is 4.43. The van der Waals surface area contributed by atoms with Crippen LogP contribution in [0.1, 0.15) is 31.1 Å². The zero-order chi connectivity index (χ0) is 13.0. The van der Waals surface area contributed by atoms with Gasteiger partial charge in [0.2, 0.25) is 0 Å². The van der Waals surface area contributed by atoms with Gasteiger partial charge in [0.05, 0.1) is 11.8 Å². The molecule has 17 heavy (non-hydrogen) atoms. The van der Waals surface area contributed by atoms with E-state index in [0.29, 0.717) is 19.0 Å². The van der Waals surface area contributed by atoms with Crippen molar-refractivity contribution in [1.82, 2.24) is 9.88 Å². The second-order valence-corrected chi connectivity index (χ2v) is 4.32. The van der Waals surface area contributed by atoms with Crippen molar-refractivity contribution in [2.75, 3.05) is 18.8 Å². The van der Waals surface area contributed by atoms with Gasteiger partial charge in [-0.05, 0) is 18.9 Å². The van der Waals surface area contributed by atoms with Crippen LogP contribution in [-0.2, 0) is 0 Å². The Hall–Kier alpha value is -1.65. The molecule has 0 atom stereocenters. The average molecular weight is 239 g/mol. The molecule has 1 aromatic heterocycles. The summed E-state index contributed by atoms with van der Waals surface area (Å²) in [6.45, 7) is 7.09. The number of nitrogens with zero attached hydrogens (tertiary/aromatic N) is 2. The summed E-state index contributed by atoms with van der Waals surface area (Å²) in [6, 6.07) is 1.13. The van der Waals surface area contributed by atoms with Gasteiger partial charge in [-0.3, -0.25) is 4.79 Å². The van der Waals surface area contributed by atoms with Crippen LogP contribution in [0.4, 0.5) is 10.2 Å². The van der Waals surface area contributed by atoms with Crippen LogP contribution >= 0.6 is 0 Å². The molecule has 5 heteroatoms. The highest BCUT2D eigenvalue weighted by atomic mass is 19.1. The second kappa shape index (κ2) is 5.61. The SMILES string of the molecule is CCN(CC(C)C)C(=O)c1cc(F)cnc1N. The molecular weight excluding hydrogens is 221 g/mol. The molecule has 1 aromatic rings. The van der Waals surface area contributed by atoms with Crippen molar-refractivity contribution in [3.05, 3.63) is 23.6 Å². The van der Waals surface area contributed by atoms with Crippen molar-refractivity contribution >= 4 is 11.7 Å². The fourth-order valence-electron chi connectivity index (χ4n) is 1.59. The van der Waals surface area contributed by atoms with Gasteiger partial charge in [0, 0.05) is 13.1 Å². The first-order chi connectivity index (χ1) is 7.95. The summed E-state index contributed by atoms with van der Waals surface area (Å²) in [4.78, 5) is 17.4. The van der Waals surface area contributed by atoms with Crippen molar-refractivity contribution in [2.24, 2.45) is 5.92 Å². The molecule has 0 unspecified atom stereocenters. The van der Waals surface area contributed by atoms with E-state index in [9.17, 15) is 9.18 Å². The Morgan fingerprint density at radius 2 is 2.24 bits per heavy atom. The summed E-state index contributed by atoms with van der Waals surface area (Å²) in [7, 11) is 0. The van der Waals surface area contributed by atoms with Crippen molar-refractivity contribution in [3.8, 4) is 0 Å². The number of pyridine rings is 1. The average Bonchev–Trinajstić information content (AvgIpc) is 2.28. The molecule has 0 saturated carbocycles. The fourth-order valence-corrected chi connectivity index (χ4v) is 1.59. The third-order valence-electron chi connectivity index (χ3n) is 2.37. The van der Waals surface area contributed by atoms with E-state index >= 15 is 0 Å². The van der Waals surface area contributed by atoms with E-state index in [1.54, 1.807) is 4.90 Å². The van der Waals surface area contributed by atoms with Gasteiger partial charge >= 0.3 is 0 Å². The Morgan fingerprint density at radius 3 is 2.76 bits per heavy atom. The van der Waals surface area contributed by atoms with Gasteiger partial charge in [-0.2, -0.15) is 0 Å². The van der Waals surface area contributed by atoms with E-state index in [2.05, 4.69) is 4.98 Å². The van der Waals surface area contributed by atoms with Crippen LogP contribution in [0.5, 0.6) is 0 Å². The Morgan fingerprint density at radius 1 is 1.59 bits per heavy atom. The van der Waals surface area contributed by atoms with Gasteiger partial charge in [-0.1, -0.05) is 13.8 Å². The number of anilines is 1. The molecule has 1 amide bonds. The van der Waals surface area contributed by atoms with Crippen LogP contribution in [0, 0.1) is 11.7 Å². The molecule has 94 valence electrons. The van der Waals surface area contributed by atoms with Gasteiger partial charge in [0.25, 0.3) is 5.91 Å². The molecule has 0 saturated heterocycles. The third kappa shape index (κ3) is 3.41. The van der Waals surface area contributed by atoms with Gasteiger partial charge in [0.1, 0.15) is 11.6 Å². The lowest BCUT2D eigenvalue weighted by molar-refractivity contribution is 0.0746. The molecule has 0 aromatic carbocycles. The molecule has 1 heterocycles. The minimum atomic E-state index is -0.553. The number of nitrogen functional groups attached to an aromatic ring is 1. The Labute approximate surface area is 101 Å². The number of carbonyl (C=O) groups excluding carboxylic acids is 1. The zero-order valence-corrected chi connectivity index (χ0v) is 10.4. The van der Waals surface area contributed by atoms with E-state index in [4.69, 9.17) is 5.73 Å². The molecule has 2 N–H and O–H groups in total. The molecular formula is C12H18FN3O. The minimum absolute atomic E-state index is 0.0682. The number of halogens is 1. The first-order valence-electron chi connectivity index (χ1n) is 5.66. The highest BCUT2D eigenvalue weighted by molar-refractivity contribution is 5.98. The molecule has 0 fully saturated rings. The van der Waals surface area contributed by atoms with Crippen LogP contribution in [0.25, 0.3) is 0 Å². The van der Waals surface area contributed by atoms with Crippen LogP contribution in [0.2, 0.25) is 0 Å². The summed E-state index contributed by atoms with van der Waals surface area (Å²) in [5.41, 5.74) is 5.72. The Bertz CT molecular complexity index is 407. The standard InChI is InChI=1S/C12H18FN3O/c1-4-16(7-8(2)3)12(17)10-5-9(13)6-15-11(10)14/h5-6,8H,4,7H2,1-3H3,(H2,14,15). The largest absolute Gasteiger partial charge is 0.383 e. The third-order valence-corrected chi connectivity index (χ3v) is 2.37. The quantitative estimate of drug-likeness (QED) is 0.873. The van der Waals surface area contributed by atoms with Gasteiger partial charge < -0.3 is 10.6 Å². The summed E-state index contributed by atoms with van der Waals surface area (Å²) < 4.78 is 13.0. The first-order valence-corrected chi connectivity index (χ1v) is 5.66. The summed E-state index contributed by atoms with van der Waals surface area (Å²) >= 11 is 0. The number of rotatable bonds is 4. The van der Waals surface area contributed by atoms with Crippen LogP contribution in [0.3, 0.4) is 0 Å². The molecule has 0 aliphatic carbocycles. The lowest BCUT2D eigenvalue weighted by Crippen LogP contribution is -2.34. The van der Waals surface area contributed by atoms with Crippen molar-refractivity contribution < 1.29 is 9.18 Å². The Balaban J connectivity index is 2.97. The van der Waals surface area contributed by atoms with E-state index in [-0.39, 0.29) is 17.3 Å². The van der Waals surface area contributed by atoms with Gasteiger partial charge in [-0.15, -0.1) is 0 Å². The minimum Gasteiger partial charge on any atom is -0.383 e.